The van der Waals surface area contributed by atoms with Crippen molar-refractivity contribution in [1.29, 1.82) is 0 Å². The molecule has 1 fully saturated rings. The number of esters is 1. The number of amides is 2. The van der Waals surface area contributed by atoms with E-state index in [4.69, 9.17) is 22.8 Å². The molecular weight excluding hydrogens is 428 g/mol. The van der Waals surface area contributed by atoms with Gasteiger partial charge in [-0.05, 0) is 55.4 Å². The van der Waals surface area contributed by atoms with Gasteiger partial charge in [0.1, 0.15) is 5.54 Å². The molecule has 0 aliphatic heterocycles. The summed E-state index contributed by atoms with van der Waals surface area (Å²) >= 11 is 6.17. The molecule has 2 amide bonds. The number of methoxy groups -OCH3 is 1. The summed E-state index contributed by atoms with van der Waals surface area (Å²) in [5.74, 6) is 0.531. The molecule has 0 bridgehead atoms. The topological polar surface area (TPSA) is 75.7 Å². The zero-order valence-corrected chi connectivity index (χ0v) is 18.6. The highest BCUT2D eigenvalue weighted by Gasteiger charge is 2.50. The third-order valence-corrected chi connectivity index (χ3v) is 6.12. The molecule has 2 aromatic carbocycles. The second-order valence-corrected chi connectivity index (χ2v) is 8.20. The van der Waals surface area contributed by atoms with E-state index in [1.54, 1.807) is 24.3 Å². The van der Waals surface area contributed by atoms with E-state index < -0.39 is 11.4 Å². The van der Waals surface area contributed by atoms with Crippen LogP contribution in [0.2, 0.25) is 5.02 Å². The van der Waals surface area contributed by atoms with Gasteiger partial charge >= 0.3 is 11.9 Å². The fraction of sp³-hybridized carbons (Fsp3) is 0.320. The highest BCUT2D eigenvalue weighted by atomic mass is 35.5. The minimum Gasteiger partial charge on any atom is -0.469 e. The second kappa shape index (κ2) is 10.3. The van der Waals surface area contributed by atoms with Crippen molar-refractivity contribution < 1.29 is 19.1 Å². The Hall–Kier alpha value is -3.30. The maximum atomic E-state index is 13.6. The maximum absolute atomic E-state index is 13.6. The van der Waals surface area contributed by atoms with E-state index in [1.165, 1.54) is 12.0 Å². The third-order valence-electron chi connectivity index (χ3n) is 5.89. The Labute approximate surface area is 192 Å². The number of benzene rings is 2. The summed E-state index contributed by atoms with van der Waals surface area (Å²) in [6.07, 6.45) is 6.79. The van der Waals surface area contributed by atoms with Crippen molar-refractivity contribution in [2.45, 2.75) is 37.8 Å². The average molecular weight is 453 g/mol. The molecule has 1 saturated carbocycles. The SMILES string of the molecule is C#CC(=O)N(c1cccc(Cl)c1)C1(C(=O)NCc2ccccc2)CCC(C(=O)OC)CC1. The predicted molar refractivity (Wildman–Crippen MR) is 123 cm³/mol. The Morgan fingerprint density at radius 2 is 1.84 bits per heavy atom. The van der Waals surface area contributed by atoms with Crippen LogP contribution in [-0.4, -0.2) is 30.4 Å². The summed E-state index contributed by atoms with van der Waals surface area (Å²) < 4.78 is 4.88. The van der Waals surface area contributed by atoms with Crippen molar-refractivity contribution in [2.24, 2.45) is 5.92 Å². The number of nitrogens with one attached hydrogen (secondary N) is 1. The maximum Gasteiger partial charge on any atom is 0.308 e. The first kappa shape index (κ1) is 23.4. The van der Waals surface area contributed by atoms with E-state index in [1.807, 2.05) is 30.3 Å². The number of carbonyl (C=O) groups is 3. The van der Waals surface area contributed by atoms with Crippen molar-refractivity contribution in [1.82, 2.24) is 5.32 Å². The molecule has 0 spiro atoms. The fourth-order valence-electron chi connectivity index (χ4n) is 4.23. The van der Waals surface area contributed by atoms with Crippen LogP contribution in [0, 0.1) is 18.3 Å². The minimum atomic E-state index is -1.26. The normalized spacial score (nSPS) is 20.0. The zero-order chi connectivity index (χ0) is 23.1. The van der Waals surface area contributed by atoms with Crippen LogP contribution < -0.4 is 10.2 Å². The Balaban J connectivity index is 1.98. The molecule has 2 aromatic rings. The number of hydrogen-bond acceptors (Lipinski definition) is 4. The quantitative estimate of drug-likeness (QED) is 0.535. The summed E-state index contributed by atoms with van der Waals surface area (Å²) in [6, 6.07) is 16.2. The summed E-state index contributed by atoms with van der Waals surface area (Å²) in [6.45, 7) is 0.301. The largest absolute Gasteiger partial charge is 0.469 e. The number of carbonyl (C=O) groups excluding carboxylic acids is 3. The molecule has 32 heavy (non-hydrogen) atoms. The van der Waals surface area contributed by atoms with E-state index in [0.29, 0.717) is 30.1 Å². The van der Waals surface area contributed by atoms with Crippen molar-refractivity contribution in [3.05, 3.63) is 65.2 Å². The van der Waals surface area contributed by atoms with Crippen LogP contribution in [0.3, 0.4) is 0 Å². The molecule has 1 N–H and O–H groups in total. The molecule has 0 heterocycles. The number of nitrogens with zero attached hydrogens (tertiary/aromatic N) is 1. The van der Waals surface area contributed by atoms with Crippen molar-refractivity contribution in [3.63, 3.8) is 0 Å². The number of hydrogen-bond donors (Lipinski definition) is 1. The van der Waals surface area contributed by atoms with Gasteiger partial charge in [-0.15, -0.1) is 6.42 Å². The lowest BCUT2D eigenvalue weighted by Gasteiger charge is -2.45. The van der Waals surface area contributed by atoms with Gasteiger partial charge in [-0.1, -0.05) is 48.0 Å². The summed E-state index contributed by atoms with van der Waals surface area (Å²) in [7, 11) is 1.34. The van der Waals surface area contributed by atoms with Gasteiger partial charge in [0, 0.05) is 17.3 Å². The van der Waals surface area contributed by atoms with Gasteiger partial charge in [0.15, 0.2) is 0 Å². The van der Waals surface area contributed by atoms with Gasteiger partial charge < -0.3 is 10.1 Å². The lowest BCUT2D eigenvalue weighted by atomic mass is 9.74. The molecule has 0 radical (unpaired) electrons. The lowest BCUT2D eigenvalue weighted by Crippen LogP contribution is -2.62. The Morgan fingerprint density at radius 1 is 1.16 bits per heavy atom. The molecular formula is C25H25ClN2O4. The number of halogens is 1. The number of terminal acetylenes is 1. The van der Waals surface area contributed by atoms with Crippen LogP contribution in [0.5, 0.6) is 0 Å². The number of rotatable bonds is 6. The molecule has 0 unspecified atom stereocenters. The Morgan fingerprint density at radius 3 is 2.44 bits per heavy atom. The summed E-state index contributed by atoms with van der Waals surface area (Å²) in [5.41, 5.74) is 0.108. The van der Waals surface area contributed by atoms with Gasteiger partial charge in [-0.25, -0.2) is 0 Å². The Kier molecular flexibility index (Phi) is 7.55. The standard InChI is InChI=1S/C25H25ClN2O4/c1-3-22(29)28(21-11-7-10-20(26)16-21)25(14-12-19(13-15-25)23(30)32-2)24(31)27-17-18-8-5-4-6-9-18/h1,4-11,16,19H,12-15,17H2,2H3,(H,27,31). The van der Waals surface area contributed by atoms with E-state index >= 15 is 0 Å². The van der Waals surface area contributed by atoms with Crippen LogP contribution >= 0.6 is 11.6 Å². The molecule has 166 valence electrons. The van der Waals surface area contributed by atoms with Crippen LogP contribution in [0.25, 0.3) is 0 Å². The first-order chi connectivity index (χ1) is 15.4. The van der Waals surface area contributed by atoms with Crippen LogP contribution in [0.4, 0.5) is 5.69 Å². The van der Waals surface area contributed by atoms with Gasteiger partial charge in [0.25, 0.3) is 0 Å². The van der Waals surface area contributed by atoms with Crippen LogP contribution in [-0.2, 0) is 25.7 Å². The van der Waals surface area contributed by atoms with Gasteiger partial charge in [-0.3, -0.25) is 19.3 Å². The van der Waals surface area contributed by atoms with Crippen LogP contribution in [0.1, 0.15) is 31.2 Å². The second-order valence-electron chi connectivity index (χ2n) is 7.76. The smallest absolute Gasteiger partial charge is 0.308 e. The fourth-order valence-corrected chi connectivity index (χ4v) is 4.42. The average Bonchev–Trinajstić information content (AvgIpc) is 2.83. The van der Waals surface area contributed by atoms with Gasteiger partial charge in [0.2, 0.25) is 5.91 Å². The summed E-state index contributed by atoms with van der Waals surface area (Å²) in [5, 5.41) is 3.38. The molecule has 3 rings (SSSR count). The lowest BCUT2D eigenvalue weighted by molar-refractivity contribution is -0.148. The third kappa shape index (κ3) is 4.95. The van der Waals surface area contributed by atoms with Gasteiger partial charge in [0.05, 0.1) is 13.0 Å². The minimum absolute atomic E-state index is 0.257. The van der Waals surface area contributed by atoms with E-state index in [-0.39, 0.29) is 30.6 Å². The molecule has 0 aromatic heterocycles. The molecule has 1 aliphatic carbocycles. The predicted octanol–water partition coefficient (Wildman–Crippen LogP) is 3.72. The number of ether oxygens (including phenoxy) is 1. The highest BCUT2D eigenvalue weighted by molar-refractivity contribution is 6.31. The summed E-state index contributed by atoms with van der Waals surface area (Å²) in [4.78, 5) is 40.0. The van der Waals surface area contributed by atoms with Crippen molar-refractivity contribution in [3.8, 4) is 12.3 Å². The van der Waals surface area contributed by atoms with Crippen LogP contribution in [0.15, 0.2) is 54.6 Å². The molecule has 0 atom stereocenters. The highest BCUT2D eigenvalue weighted by Crippen LogP contribution is 2.40. The zero-order valence-electron chi connectivity index (χ0n) is 17.8. The molecule has 1 aliphatic rings. The van der Waals surface area contributed by atoms with E-state index in [2.05, 4.69) is 11.2 Å². The van der Waals surface area contributed by atoms with Crippen molar-refractivity contribution in [2.75, 3.05) is 12.0 Å². The first-order valence-electron chi connectivity index (χ1n) is 10.4. The molecule has 7 heteroatoms. The Bertz CT molecular complexity index is 1020. The molecule has 6 nitrogen and oxygen atoms in total. The monoisotopic (exact) mass is 452 g/mol. The van der Waals surface area contributed by atoms with Gasteiger partial charge in [-0.2, -0.15) is 0 Å². The van der Waals surface area contributed by atoms with Crippen molar-refractivity contribution >= 4 is 35.1 Å². The van der Waals surface area contributed by atoms with E-state index in [9.17, 15) is 14.4 Å². The number of anilines is 1. The van der Waals surface area contributed by atoms with E-state index in [0.717, 1.165) is 5.56 Å². The first-order valence-corrected chi connectivity index (χ1v) is 10.8. The molecule has 0 saturated heterocycles.